The van der Waals surface area contributed by atoms with Crippen LogP contribution >= 0.6 is 0 Å². The molecule has 0 unspecified atom stereocenters. The van der Waals surface area contributed by atoms with E-state index >= 15 is 0 Å². The fraction of sp³-hybridized carbons (Fsp3) is 0.707. The van der Waals surface area contributed by atoms with Gasteiger partial charge in [-0.3, -0.25) is 9.78 Å². The van der Waals surface area contributed by atoms with Crippen molar-refractivity contribution in [1.29, 1.82) is 0 Å². The molecule has 1 aromatic rings. The molecule has 1 N–H and O–H groups in total. The van der Waals surface area contributed by atoms with Gasteiger partial charge in [-0.1, -0.05) is 51.2 Å². The summed E-state index contributed by atoms with van der Waals surface area (Å²) in [5, 5.41) is 16.7. The number of fused-ring (bicyclic) bond motifs is 5. The average Bonchev–Trinajstić information content (AvgIpc) is 3.17. The summed E-state index contributed by atoms with van der Waals surface area (Å²) in [5.41, 5.74) is -1.07. The van der Waals surface area contributed by atoms with Crippen molar-refractivity contribution in [2.75, 3.05) is 34.4 Å². The van der Waals surface area contributed by atoms with E-state index in [-0.39, 0.29) is 294 Å². The van der Waals surface area contributed by atoms with Gasteiger partial charge < -0.3 is 55.5 Å². The number of hydrogen-bond donors (Lipinski definition) is 1. The minimum Gasteiger partial charge on any atom is -0.481 e. The summed E-state index contributed by atoms with van der Waals surface area (Å²) in [5.74, 6) is -2.97. The maximum absolute atomic E-state index is 14.4. The predicted octanol–water partition coefficient (Wildman–Crippen LogP) is 4.92. The number of carbonyl (C=O) groups excluding carboxylic acids is 2. The molecule has 1 aromatic heterocycles. The minimum absolute atomic E-state index is 0. The molecule has 0 amide bonds. The molecule has 0 saturated carbocycles. The van der Waals surface area contributed by atoms with Crippen molar-refractivity contribution in [2.24, 2.45) is 22.9 Å². The van der Waals surface area contributed by atoms with E-state index in [0.717, 1.165) is 5.57 Å². The molecule has 12 atom stereocenters. The van der Waals surface area contributed by atoms with Crippen LogP contribution in [0.3, 0.4) is 0 Å². The molecule has 13 nitrogen and oxygen atoms in total. The van der Waals surface area contributed by atoms with Crippen molar-refractivity contribution < 1.29 is 293 Å². The Labute approximate surface area is 559 Å². The zero-order valence-corrected chi connectivity index (χ0v) is 71.0. The van der Waals surface area contributed by atoms with Crippen LogP contribution in [0.1, 0.15) is 81.7 Å². The quantitative estimate of drug-likeness (QED) is 0.163. The van der Waals surface area contributed by atoms with Gasteiger partial charge >= 0.3 is 0 Å². The van der Waals surface area contributed by atoms with Gasteiger partial charge in [0.25, 0.3) is 0 Å². The van der Waals surface area contributed by atoms with Crippen LogP contribution in [0.15, 0.2) is 35.6 Å². The third-order valence-corrected chi connectivity index (χ3v) is 11.3. The number of cyclic esters (lactones) is 1. The van der Waals surface area contributed by atoms with E-state index in [1.54, 1.807) is 46.2 Å². The molecule has 2 bridgehead atoms. The van der Waals surface area contributed by atoms with Crippen LogP contribution in [0.4, 0.5) is 0 Å². The summed E-state index contributed by atoms with van der Waals surface area (Å²) in [7, 11) is 8.09. The molecule has 24 heteroatoms. The largest absolute Gasteiger partial charge is 0.481 e. The van der Waals surface area contributed by atoms with Crippen molar-refractivity contribution in [3.8, 4) is 0 Å². The summed E-state index contributed by atoms with van der Waals surface area (Å²) in [6.07, 6.45) is -1.56. The first-order valence-electron chi connectivity index (χ1n) is 19.4. The van der Waals surface area contributed by atoms with Crippen molar-refractivity contribution in [3.63, 3.8) is 0 Å². The van der Waals surface area contributed by atoms with Gasteiger partial charge in [-0.15, -0.1) is 0 Å². The molecule has 3 fully saturated rings. The number of carbonyl (C=O) groups is 2. The zero-order chi connectivity index (χ0) is 41.2. The first-order chi connectivity index (χ1) is 25.9. The van der Waals surface area contributed by atoms with E-state index in [1.807, 2.05) is 41.8 Å². The minimum atomic E-state index is -1.70. The smallest absolute Gasteiger partial charge is 0.186 e. The Morgan fingerprint density at radius 3 is 2.12 bits per heavy atom. The average molecular weight is 2690 g/mol. The fourth-order valence-corrected chi connectivity index (χ4v) is 8.04. The number of nitrogens with zero attached hydrogens (tertiary/aromatic N) is 3. The number of Topliss-reactive ketones (excluding diaryl/α,β-unsaturated/α-hetero) is 1. The third kappa shape index (κ3) is 24.3. The Balaban J connectivity index is -0.000000352. The number of aromatic nitrogens is 1. The van der Waals surface area contributed by atoms with Crippen LogP contribution in [0.2, 0.25) is 0 Å². The zero-order valence-electron chi connectivity index (χ0n) is 39.8. The molecule has 1 radical (unpaired) electrons. The first-order valence-corrected chi connectivity index (χ1v) is 18.7. The fourth-order valence-electron chi connectivity index (χ4n) is 8.04. The van der Waals surface area contributed by atoms with E-state index < -0.39 is 65.5 Å². The Bertz CT molecular complexity index is 1480. The molecule has 4 heterocycles. The number of aliphatic hydroxyl groups is 1. The van der Waals surface area contributed by atoms with Gasteiger partial charge in [0.2, 0.25) is 0 Å². The van der Waals surface area contributed by atoms with Gasteiger partial charge in [-0.2, -0.15) is 13.0 Å². The standard InChI is InChI=1S/C40H61N3O10.CH3.10W.Y/c1-13-32-40(9,46)36-26(5)25(4)23(2)19-39(8,49-21-30(20-48-36)42-50-22-29-16-14-15-17-41-29)35(27(6)33(44)28(7)37(45)52-32)53-38-34(47-12)31(43(10)11)18-24(3)51-38;;;;;;;;;;;;/h14,16-17,23-24,26-27,31-32,34-36,38,46H,4,13,18-22H2,1-3,5-12H3;1H3;;;;;;;;;;;/q-2;-1;;;;;;;;;;;/b42-30+;;;;;;;;;;;;/t23-,24-,26+,27+,31+,32-,34-,35-,36-,38+,39-,40-;;;;;;;;;;;;/m1............/s1/i;1T;;;;;;;;;;;. The van der Waals surface area contributed by atoms with Gasteiger partial charge in [0.05, 0.1) is 37.1 Å². The van der Waals surface area contributed by atoms with Gasteiger partial charge in [-0.05, 0) is 65.7 Å². The second kappa shape index (κ2) is 42.2. The maximum atomic E-state index is 14.4. The Morgan fingerprint density at radius 2 is 1.62 bits per heavy atom. The number of esters is 1. The van der Waals surface area contributed by atoms with Gasteiger partial charge in [0.15, 0.2) is 12.3 Å². The molecule has 3 aliphatic heterocycles. The number of rotatable bonds is 8. The molecule has 4 rings (SSSR count). The Hall–Kier alpha value is 5.08. The van der Waals surface area contributed by atoms with Gasteiger partial charge in [0.1, 0.15) is 30.1 Å². The summed E-state index contributed by atoms with van der Waals surface area (Å²) in [6, 6.07) is 6.36. The Morgan fingerprint density at radius 1 is 1.03 bits per heavy atom. The van der Waals surface area contributed by atoms with Crippen LogP contribution in [-0.2, 0) is 293 Å². The van der Waals surface area contributed by atoms with E-state index in [2.05, 4.69) is 35.1 Å². The molecule has 3 saturated heterocycles. The monoisotopic (exact) mass is 2690 g/mol. The summed E-state index contributed by atoms with van der Waals surface area (Å²) in [4.78, 5) is 40.2. The summed E-state index contributed by atoms with van der Waals surface area (Å²) in [6.45, 7) is 18.9. The second-order valence-corrected chi connectivity index (χ2v) is 15.6. The van der Waals surface area contributed by atoms with E-state index in [9.17, 15) is 14.7 Å². The molecule has 369 valence electrons. The summed E-state index contributed by atoms with van der Waals surface area (Å²) >= 11 is 0. The maximum Gasteiger partial charge on any atom is 0.186 e. The van der Waals surface area contributed by atoms with Gasteiger partial charge in [0, 0.05) is 274 Å². The SMILES string of the molecule is C=C1[C@H](C)C[C@@]2(C)OC/C(=N/OCc3cc[c-]cn3)CO[C@H]([C@H]1C)[C@](C)(O)[C@@H](CC)OC(=O)[C-](C)C(=O)[C@H](C)[C@H]2O[C@@H]1O[C@H](C)C[C@H](N(C)C)[C@H]1OC.[3H][CH2-].[W].[W].[W].[W].[W].[W].[W].[W].[W].[W].[Y]. The Kier molecular flexibility index (Phi) is 56.4. The van der Waals surface area contributed by atoms with Crippen LogP contribution in [-0.4, -0.2) is 121 Å². The molecule has 0 spiro atoms. The number of ketones is 1. The number of likely N-dealkylation sites (N-methyl/N-ethyl adjacent to an activating group) is 1. The molecule has 0 aliphatic carbocycles. The molecule has 65 heavy (non-hydrogen) atoms. The van der Waals surface area contributed by atoms with Crippen LogP contribution in [0.25, 0.3) is 0 Å². The topological polar surface area (TPSA) is 147 Å². The van der Waals surface area contributed by atoms with Crippen molar-refractivity contribution in [1.82, 2.24) is 9.88 Å². The van der Waals surface area contributed by atoms with Crippen LogP contribution in [0.5, 0.6) is 0 Å². The second-order valence-electron chi connectivity index (χ2n) is 15.6. The van der Waals surface area contributed by atoms with Crippen molar-refractivity contribution in [2.45, 2.75) is 135 Å². The molecule has 0 aromatic carbocycles. The van der Waals surface area contributed by atoms with Crippen molar-refractivity contribution >= 4 is 17.5 Å². The molecular formula is C41H64N3O10W10Y-3. The number of methoxy groups -OCH3 is 1. The third-order valence-electron chi connectivity index (χ3n) is 11.3. The predicted molar refractivity (Wildman–Crippen MR) is 204 cm³/mol. The van der Waals surface area contributed by atoms with E-state index in [1.165, 1.54) is 6.92 Å². The molecular weight excluding hydrogens is 2620 g/mol. The number of hydrogen-bond acceptors (Lipinski definition) is 13. The summed E-state index contributed by atoms with van der Waals surface area (Å²) < 4.78 is 44.2. The first kappa shape index (κ1) is 86.8. The van der Waals surface area contributed by atoms with E-state index in [4.69, 9.17) is 34.6 Å². The van der Waals surface area contributed by atoms with Crippen LogP contribution < -0.4 is 0 Å². The van der Waals surface area contributed by atoms with E-state index in [0.29, 0.717) is 24.2 Å². The van der Waals surface area contributed by atoms with Gasteiger partial charge in [-0.25, -0.2) is 19.4 Å². The molecule has 3 aliphatic rings. The number of ether oxygens (including phenoxy) is 6. The number of pyridine rings is 1. The van der Waals surface area contributed by atoms with Crippen molar-refractivity contribution in [3.05, 3.63) is 55.6 Å². The normalized spacial score (nSPS) is 31.8. The van der Waals surface area contributed by atoms with Crippen LogP contribution in [0, 0.1) is 37.1 Å². The number of oxime groups is 1.